The predicted molar refractivity (Wildman–Crippen MR) is 87.4 cm³/mol. The van der Waals surface area contributed by atoms with E-state index in [1.54, 1.807) is 12.4 Å². The molecule has 1 aliphatic heterocycles. The molecule has 0 radical (unpaired) electrons. The van der Waals surface area contributed by atoms with E-state index in [-0.39, 0.29) is 17.9 Å². The number of amides is 2. The number of hydrogen-bond donors (Lipinski definition) is 0. The number of aromatic nitrogens is 1. The third-order valence-corrected chi connectivity index (χ3v) is 5.55. The first kappa shape index (κ1) is 16.0. The van der Waals surface area contributed by atoms with Crippen molar-refractivity contribution in [1.29, 1.82) is 0 Å². The Bertz CT molecular complexity index is 589. The van der Waals surface area contributed by atoms with Crippen LogP contribution in [0.1, 0.15) is 44.1 Å². The average Bonchev–Trinajstić information content (AvgIpc) is 2.58. The van der Waals surface area contributed by atoms with Crippen molar-refractivity contribution in [2.24, 2.45) is 5.41 Å². The molecule has 0 spiro atoms. The second-order valence-corrected chi connectivity index (χ2v) is 6.94. The minimum Gasteiger partial charge on any atom is -0.342 e. The summed E-state index contributed by atoms with van der Waals surface area (Å²) in [6, 6.07) is 3.94. The average molecular weight is 315 g/mol. The quantitative estimate of drug-likeness (QED) is 0.859. The number of fused-ring (bicyclic) bond motifs is 1. The molecule has 124 valence electrons. The maximum absolute atomic E-state index is 13.3. The normalized spacial score (nSPS) is 27.5. The van der Waals surface area contributed by atoms with Gasteiger partial charge in [-0.05, 0) is 30.9 Å². The molecule has 23 heavy (non-hydrogen) atoms. The second kappa shape index (κ2) is 6.30. The number of carbonyl (C=O) groups is 2. The number of likely N-dealkylation sites (tertiary alicyclic amines) is 1. The van der Waals surface area contributed by atoms with Crippen LogP contribution in [0.4, 0.5) is 0 Å². The number of pyridine rings is 1. The zero-order chi connectivity index (χ0) is 16.4. The summed E-state index contributed by atoms with van der Waals surface area (Å²) in [4.78, 5) is 33.1. The SMILES string of the molecule is CN(Cc1cccnc1)C(=O)[C@]12CCCC[C@@H]1N(C)C(=O)CC2. The van der Waals surface area contributed by atoms with Crippen LogP contribution in [0, 0.1) is 5.41 Å². The minimum atomic E-state index is -0.391. The Labute approximate surface area is 137 Å². The maximum Gasteiger partial charge on any atom is 0.230 e. The topological polar surface area (TPSA) is 53.5 Å². The molecule has 1 aliphatic carbocycles. The largest absolute Gasteiger partial charge is 0.342 e. The fourth-order valence-corrected chi connectivity index (χ4v) is 4.33. The molecular weight excluding hydrogens is 290 g/mol. The molecule has 5 nitrogen and oxygen atoms in total. The van der Waals surface area contributed by atoms with Crippen LogP contribution >= 0.6 is 0 Å². The minimum absolute atomic E-state index is 0.0568. The van der Waals surface area contributed by atoms with E-state index in [1.807, 2.05) is 36.0 Å². The van der Waals surface area contributed by atoms with Gasteiger partial charge >= 0.3 is 0 Å². The number of hydrogen-bond acceptors (Lipinski definition) is 3. The van der Waals surface area contributed by atoms with E-state index in [9.17, 15) is 9.59 Å². The monoisotopic (exact) mass is 315 g/mol. The Hall–Kier alpha value is -1.91. The Balaban J connectivity index is 1.82. The molecule has 2 atom stereocenters. The van der Waals surface area contributed by atoms with Crippen molar-refractivity contribution in [3.8, 4) is 0 Å². The van der Waals surface area contributed by atoms with Gasteiger partial charge in [0, 0.05) is 45.5 Å². The third kappa shape index (κ3) is 2.84. The maximum atomic E-state index is 13.3. The molecule has 1 saturated heterocycles. The summed E-state index contributed by atoms with van der Waals surface area (Å²) in [5.41, 5.74) is 0.644. The Morgan fingerprint density at radius 3 is 3.00 bits per heavy atom. The number of nitrogens with zero attached hydrogens (tertiary/aromatic N) is 3. The molecule has 5 heteroatoms. The van der Waals surface area contributed by atoms with Crippen LogP contribution < -0.4 is 0 Å². The Morgan fingerprint density at radius 1 is 1.43 bits per heavy atom. The van der Waals surface area contributed by atoms with Gasteiger partial charge in [0.15, 0.2) is 0 Å². The first-order valence-electron chi connectivity index (χ1n) is 8.45. The zero-order valence-electron chi connectivity index (χ0n) is 14.0. The van der Waals surface area contributed by atoms with Crippen LogP contribution in [0.2, 0.25) is 0 Å². The first-order chi connectivity index (χ1) is 11.0. The molecule has 1 saturated carbocycles. The molecule has 0 unspecified atom stereocenters. The van der Waals surface area contributed by atoms with Crippen LogP contribution in [-0.2, 0) is 16.1 Å². The van der Waals surface area contributed by atoms with Crippen LogP contribution in [-0.4, -0.2) is 46.7 Å². The highest BCUT2D eigenvalue weighted by Crippen LogP contribution is 2.47. The molecule has 1 aromatic rings. The van der Waals surface area contributed by atoms with Gasteiger partial charge in [0.1, 0.15) is 0 Å². The van der Waals surface area contributed by atoms with Gasteiger partial charge in [-0.2, -0.15) is 0 Å². The Morgan fingerprint density at radius 2 is 2.26 bits per heavy atom. The summed E-state index contributed by atoms with van der Waals surface area (Å²) < 4.78 is 0. The lowest BCUT2D eigenvalue weighted by Gasteiger charge is -2.51. The van der Waals surface area contributed by atoms with Gasteiger partial charge in [-0.3, -0.25) is 14.6 Å². The van der Waals surface area contributed by atoms with Gasteiger partial charge < -0.3 is 9.80 Å². The summed E-state index contributed by atoms with van der Waals surface area (Å²) in [6.07, 6.45) is 8.73. The summed E-state index contributed by atoms with van der Waals surface area (Å²) in [5.74, 6) is 0.362. The zero-order valence-corrected chi connectivity index (χ0v) is 14.0. The van der Waals surface area contributed by atoms with Crippen molar-refractivity contribution >= 4 is 11.8 Å². The van der Waals surface area contributed by atoms with Gasteiger partial charge in [0.2, 0.25) is 11.8 Å². The van der Waals surface area contributed by atoms with Crippen molar-refractivity contribution in [2.45, 2.75) is 51.1 Å². The predicted octanol–water partition coefficient (Wildman–Crippen LogP) is 2.22. The lowest BCUT2D eigenvalue weighted by Crippen LogP contribution is -2.60. The molecule has 1 aromatic heterocycles. The van der Waals surface area contributed by atoms with E-state index in [4.69, 9.17) is 0 Å². The molecule has 2 heterocycles. The van der Waals surface area contributed by atoms with Gasteiger partial charge in [-0.15, -0.1) is 0 Å². The van der Waals surface area contributed by atoms with Crippen molar-refractivity contribution in [2.75, 3.05) is 14.1 Å². The lowest BCUT2D eigenvalue weighted by molar-refractivity contribution is -0.159. The standard InChI is InChI=1S/C18H25N3O2/c1-20(13-14-6-5-11-19-12-14)17(23)18-9-4-3-7-15(18)21(2)16(22)8-10-18/h5-6,11-12,15H,3-4,7-10,13H2,1-2H3/t15-,18-/m0/s1. The van der Waals surface area contributed by atoms with Gasteiger partial charge in [-0.25, -0.2) is 0 Å². The van der Waals surface area contributed by atoms with Crippen molar-refractivity contribution < 1.29 is 9.59 Å². The summed E-state index contributed by atoms with van der Waals surface area (Å²) in [7, 11) is 3.73. The molecule has 2 amide bonds. The third-order valence-electron chi connectivity index (χ3n) is 5.55. The molecular formula is C18H25N3O2. The van der Waals surface area contributed by atoms with Crippen molar-refractivity contribution in [3.05, 3.63) is 30.1 Å². The molecule has 0 aromatic carbocycles. The van der Waals surface area contributed by atoms with Crippen LogP contribution in [0.25, 0.3) is 0 Å². The van der Waals surface area contributed by atoms with Crippen LogP contribution in [0.15, 0.2) is 24.5 Å². The number of carbonyl (C=O) groups excluding carboxylic acids is 2. The van der Waals surface area contributed by atoms with E-state index in [2.05, 4.69) is 4.98 Å². The highest BCUT2D eigenvalue weighted by atomic mass is 16.2. The van der Waals surface area contributed by atoms with E-state index in [0.29, 0.717) is 19.4 Å². The summed E-state index contributed by atoms with van der Waals surface area (Å²) >= 11 is 0. The smallest absolute Gasteiger partial charge is 0.230 e. The molecule has 0 N–H and O–H groups in total. The second-order valence-electron chi connectivity index (χ2n) is 6.94. The van der Waals surface area contributed by atoms with E-state index < -0.39 is 5.41 Å². The number of piperidine rings is 1. The van der Waals surface area contributed by atoms with E-state index in [1.165, 1.54) is 0 Å². The Kier molecular flexibility index (Phi) is 4.37. The molecule has 3 rings (SSSR count). The lowest BCUT2D eigenvalue weighted by atomic mass is 9.64. The molecule has 2 aliphatic rings. The first-order valence-corrected chi connectivity index (χ1v) is 8.45. The van der Waals surface area contributed by atoms with E-state index in [0.717, 1.165) is 31.2 Å². The summed E-state index contributed by atoms with van der Waals surface area (Å²) in [5, 5.41) is 0. The van der Waals surface area contributed by atoms with Gasteiger partial charge in [0.05, 0.1) is 5.41 Å². The highest BCUT2D eigenvalue weighted by Gasteiger charge is 2.53. The number of rotatable bonds is 3. The van der Waals surface area contributed by atoms with Crippen LogP contribution in [0.5, 0.6) is 0 Å². The van der Waals surface area contributed by atoms with E-state index >= 15 is 0 Å². The highest BCUT2D eigenvalue weighted by molar-refractivity contribution is 5.87. The van der Waals surface area contributed by atoms with Crippen molar-refractivity contribution in [3.63, 3.8) is 0 Å². The van der Waals surface area contributed by atoms with Gasteiger partial charge in [-0.1, -0.05) is 18.9 Å². The van der Waals surface area contributed by atoms with Crippen molar-refractivity contribution in [1.82, 2.24) is 14.8 Å². The molecule has 2 fully saturated rings. The fourth-order valence-electron chi connectivity index (χ4n) is 4.33. The fraction of sp³-hybridized carbons (Fsp3) is 0.611. The van der Waals surface area contributed by atoms with Gasteiger partial charge in [0.25, 0.3) is 0 Å². The summed E-state index contributed by atoms with van der Waals surface area (Å²) in [6.45, 7) is 0.568. The van der Waals surface area contributed by atoms with Crippen LogP contribution in [0.3, 0.4) is 0 Å². The molecule has 0 bridgehead atoms.